The molecule has 0 saturated heterocycles. The number of hydrogen-bond donors (Lipinski definition) is 2. The molecule has 1 aromatic carbocycles. The van der Waals surface area contributed by atoms with Gasteiger partial charge in [0.15, 0.2) is 0 Å². The maximum atomic E-state index is 12.7. The van der Waals surface area contributed by atoms with Gasteiger partial charge in [-0.15, -0.1) is 0 Å². The van der Waals surface area contributed by atoms with E-state index < -0.39 is 17.2 Å². The number of unbranched alkanes of at least 4 members (excludes halogenated alkanes) is 3. The quantitative estimate of drug-likeness (QED) is 0.363. The minimum absolute atomic E-state index is 0.0575. The van der Waals surface area contributed by atoms with E-state index in [-0.39, 0.29) is 18.0 Å². The van der Waals surface area contributed by atoms with Gasteiger partial charge in [0.2, 0.25) is 5.91 Å². The van der Waals surface area contributed by atoms with Crippen LogP contribution in [0.5, 0.6) is 0 Å². The smallest absolute Gasteiger partial charge is 0.337 e. The van der Waals surface area contributed by atoms with E-state index in [0.717, 1.165) is 25.8 Å². The summed E-state index contributed by atoms with van der Waals surface area (Å²) in [5.41, 5.74) is -0.336. The summed E-state index contributed by atoms with van der Waals surface area (Å²) in [5, 5.41) is 3.36. The average molecular weight is 446 g/mol. The summed E-state index contributed by atoms with van der Waals surface area (Å²) in [5.74, 6) is 0.0586. The van der Waals surface area contributed by atoms with Crippen molar-refractivity contribution < 1.29 is 14.3 Å². The molecule has 2 rings (SSSR count). The highest BCUT2D eigenvalue weighted by molar-refractivity contribution is 5.93. The van der Waals surface area contributed by atoms with Gasteiger partial charge in [-0.2, -0.15) is 0 Å². The molecule has 32 heavy (non-hydrogen) atoms. The van der Waals surface area contributed by atoms with Crippen molar-refractivity contribution in [2.24, 2.45) is 5.92 Å². The maximum absolute atomic E-state index is 12.7. The number of rotatable bonds is 13. The number of carbonyl (C=O) groups excluding carboxylic acids is 2. The van der Waals surface area contributed by atoms with Gasteiger partial charge in [-0.1, -0.05) is 39.5 Å². The number of nitrogens with one attached hydrogen (secondary N) is 2. The molecule has 0 saturated carbocycles. The highest BCUT2D eigenvalue weighted by Crippen LogP contribution is 2.12. The number of carbonyl (C=O) groups is 2. The second kappa shape index (κ2) is 12.8. The molecule has 0 bridgehead atoms. The Morgan fingerprint density at radius 2 is 1.91 bits per heavy atom. The number of ether oxygens (including phenoxy) is 1. The normalized spacial score (nSPS) is 12.0. The predicted octanol–water partition coefficient (Wildman–Crippen LogP) is 3.37. The molecule has 0 aliphatic heterocycles. The van der Waals surface area contributed by atoms with Crippen LogP contribution in [0.2, 0.25) is 0 Å². The Bertz CT molecular complexity index is 1020. The molecule has 2 aromatic rings. The lowest BCUT2D eigenvalue weighted by Gasteiger charge is -2.15. The van der Waals surface area contributed by atoms with Crippen molar-refractivity contribution in [3.8, 4) is 0 Å². The van der Waals surface area contributed by atoms with E-state index in [1.807, 2.05) is 0 Å². The molecule has 1 heterocycles. The predicted molar refractivity (Wildman–Crippen MR) is 125 cm³/mol. The third kappa shape index (κ3) is 7.07. The monoisotopic (exact) mass is 445 g/mol. The molecule has 2 N–H and O–H groups in total. The molecule has 0 fully saturated rings. The standard InChI is InChI=1S/C24H35N3O5/c1-4-6-10-17(5-2)16-25-21(28)11-8-7-9-14-27-22(29)19-13-12-18(23(30)32-3)15-20(19)26-24(27)31/h12-13,15,17H,4-11,14,16H2,1-3H3,(H,25,28)(H,26,31). The van der Waals surface area contributed by atoms with Gasteiger partial charge in [-0.25, -0.2) is 9.59 Å². The summed E-state index contributed by atoms with van der Waals surface area (Å²) in [4.78, 5) is 51.4. The molecule has 0 aliphatic rings. The number of aromatic nitrogens is 2. The van der Waals surface area contributed by atoms with Crippen molar-refractivity contribution >= 4 is 22.8 Å². The SMILES string of the molecule is CCCCC(CC)CNC(=O)CCCCCn1c(=O)[nH]c2cc(C(=O)OC)ccc2c1=O. The molecule has 8 heteroatoms. The van der Waals surface area contributed by atoms with Gasteiger partial charge in [0.05, 0.1) is 23.6 Å². The van der Waals surface area contributed by atoms with Gasteiger partial charge in [-0.3, -0.25) is 14.2 Å². The summed E-state index contributed by atoms with van der Waals surface area (Å²) < 4.78 is 5.83. The Labute approximate surface area is 188 Å². The highest BCUT2D eigenvalue weighted by Gasteiger charge is 2.12. The molecule has 1 aromatic heterocycles. The first-order valence-corrected chi connectivity index (χ1v) is 11.5. The van der Waals surface area contributed by atoms with Crippen LogP contribution in [0.1, 0.15) is 75.6 Å². The molecular weight excluding hydrogens is 410 g/mol. The van der Waals surface area contributed by atoms with Crippen molar-refractivity contribution in [3.63, 3.8) is 0 Å². The Balaban J connectivity index is 1.84. The van der Waals surface area contributed by atoms with Gasteiger partial charge in [0.25, 0.3) is 5.56 Å². The van der Waals surface area contributed by atoms with E-state index in [2.05, 4.69) is 28.9 Å². The molecule has 1 atom stereocenters. The van der Waals surface area contributed by atoms with Crippen LogP contribution in [0.3, 0.4) is 0 Å². The first kappa shape index (κ1) is 25.4. The number of benzene rings is 1. The van der Waals surface area contributed by atoms with Crippen molar-refractivity contribution in [2.75, 3.05) is 13.7 Å². The summed E-state index contributed by atoms with van der Waals surface area (Å²) in [7, 11) is 1.27. The first-order valence-electron chi connectivity index (χ1n) is 11.5. The third-order valence-corrected chi connectivity index (χ3v) is 5.82. The Hall–Kier alpha value is -2.90. The molecule has 1 amide bonds. The van der Waals surface area contributed by atoms with Crippen molar-refractivity contribution in [3.05, 3.63) is 44.6 Å². The Morgan fingerprint density at radius 3 is 2.59 bits per heavy atom. The number of fused-ring (bicyclic) bond motifs is 1. The fourth-order valence-corrected chi connectivity index (χ4v) is 3.72. The average Bonchev–Trinajstić information content (AvgIpc) is 2.79. The second-order valence-electron chi connectivity index (χ2n) is 8.17. The van der Waals surface area contributed by atoms with E-state index in [1.165, 1.54) is 42.7 Å². The van der Waals surface area contributed by atoms with Crippen molar-refractivity contribution in [1.29, 1.82) is 0 Å². The first-order chi connectivity index (χ1) is 15.4. The van der Waals surface area contributed by atoms with E-state index in [4.69, 9.17) is 0 Å². The highest BCUT2D eigenvalue weighted by atomic mass is 16.5. The third-order valence-electron chi connectivity index (χ3n) is 5.82. The maximum Gasteiger partial charge on any atom is 0.337 e. The van der Waals surface area contributed by atoms with Crippen molar-refractivity contribution in [1.82, 2.24) is 14.9 Å². The molecule has 0 spiro atoms. The summed E-state index contributed by atoms with van der Waals surface area (Å²) in [6, 6.07) is 4.46. The van der Waals surface area contributed by atoms with Gasteiger partial charge in [0.1, 0.15) is 0 Å². The van der Waals surface area contributed by atoms with Crippen molar-refractivity contribution in [2.45, 2.75) is 71.8 Å². The van der Waals surface area contributed by atoms with E-state index >= 15 is 0 Å². The number of methoxy groups -OCH3 is 1. The van der Waals surface area contributed by atoms with Gasteiger partial charge < -0.3 is 15.0 Å². The van der Waals surface area contributed by atoms with E-state index in [9.17, 15) is 19.2 Å². The number of H-pyrrole nitrogens is 1. The zero-order chi connectivity index (χ0) is 23.5. The van der Waals surface area contributed by atoms with Gasteiger partial charge >= 0.3 is 11.7 Å². The van der Waals surface area contributed by atoms with Gasteiger partial charge in [-0.05, 0) is 43.4 Å². The number of nitrogens with zero attached hydrogens (tertiary/aromatic N) is 1. The largest absolute Gasteiger partial charge is 0.465 e. The molecule has 0 radical (unpaired) electrons. The van der Waals surface area contributed by atoms with E-state index in [0.29, 0.717) is 36.1 Å². The number of esters is 1. The zero-order valence-electron chi connectivity index (χ0n) is 19.4. The Morgan fingerprint density at radius 1 is 1.12 bits per heavy atom. The Kier molecular flexibility index (Phi) is 10.2. The summed E-state index contributed by atoms with van der Waals surface area (Å²) in [6.45, 7) is 5.33. The molecule has 1 unspecified atom stereocenters. The fraction of sp³-hybridized carbons (Fsp3) is 0.583. The lowest BCUT2D eigenvalue weighted by atomic mass is 9.99. The lowest BCUT2D eigenvalue weighted by Crippen LogP contribution is -2.35. The topological polar surface area (TPSA) is 110 Å². The molecular formula is C24H35N3O5. The summed E-state index contributed by atoms with van der Waals surface area (Å²) in [6.07, 6.45) is 7.09. The number of aromatic amines is 1. The van der Waals surface area contributed by atoms with E-state index in [1.54, 1.807) is 0 Å². The minimum Gasteiger partial charge on any atom is -0.465 e. The van der Waals surface area contributed by atoms with Crippen LogP contribution in [0.15, 0.2) is 27.8 Å². The van der Waals surface area contributed by atoms with Gasteiger partial charge in [0, 0.05) is 19.5 Å². The molecule has 0 aliphatic carbocycles. The number of amides is 1. The molecule has 176 valence electrons. The van der Waals surface area contributed by atoms with Crippen LogP contribution in [0.25, 0.3) is 10.9 Å². The van der Waals surface area contributed by atoms with Crippen LogP contribution in [-0.4, -0.2) is 35.1 Å². The van der Waals surface area contributed by atoms with Crippen LogP contribution in [-0.2, 0) is 16.1 Å². The van der Waals surface area contributed by atoms with Crippen LogP contribution in [0.4, 0.5) is 0 Å². The zero-order valence-corrected chi connectivity index (χ0v) is 19.4. The fourth-order valence-electron chi connectivity index (χ4n) is 3.72. The number of hydrogen-bond acceptors (Lipinski definition) is 5. The summed E-state index contributed by atoms with van der Waals surface area (Å²) >= 11 is 0. The van der Waals surface area contributed by atoms with Crippen LogP contribution >= 0.6 is 0 Å². The minimum atomic E-state index is -0.535. The second-order valence-corrected chi connectivity index (χ2v) is 8.17. The molecule has 8 nitrogen and oxygen atoms in total. The lowest BCUT2D eigenvalue weighted by molar-refractivity contribution is -0.121. The van der Waals surface area contributed by atoms with Crippen LogP contribution in [0, 0.1) is 5.92 Å². The van der Waals surface area contributed by atoms with Crippen LogP contribution < -0.4 is 16.6 Å².